The maximum atomic E-state index is 10.5. The highest BCUT2D eigenvalue weighted by Gasteiger charge is 2.10. The normalized spacial score (nSPS) is 12.4. The fourth-order valence-electron chi connectivity index (χ4n) is 2.56. The van der Waals surface area contributed by atoms with Crippen LogP contribution in [0.15, 0.2) is 53.8 Å². The van der Waals surface area contributed by atoms with Crippen molar-refractivity contribution in [3.05, 3.63) is 59.9 Å². The first-order valence-corrected chi connectivity index (χ1v) is 11.1. The van der Waals surface area contributed by atoms with E-state index in [0.29, 0.717) is 13.1 Å². The highest BCUT2D eigenvalue weighted by molar-refractivity contribution is 7.39. The second-order valence-corrected chi connectivity index (χ2v) is 7.36. The zero-order valence-electron chi connectivity index (χ0n) is 16.0. The van der Waals surface area contributed by atoms with Crippen LogP contribution in [0, 0.1) is 0 Å². The summed E-state index contributed by atoms with van der Waals surface area (Å²) in [6, 6.07) is 10.0. The van der Waals surface area contributed by atoms with E-state index in [0.717, 1.165) is 22.3 Å². The lowest BCUT2D eigenvalue weighted by Crippen LogP contribution is -2.34. The van der Waals surface area contributed by atoms with Gasteiger partial charge in [0, 0.05) is 22.9 Å². The van der Waals surface area contributed by atoms with E-state index in [1.54, 1.807) is 6.21 Å². The van der Waals surface area contributed by atoms with Crippen molar-refractivity contribution in [2.45, 2.75) is 13.5 Å². The lowest BCUT2D eigenvalue weighted by Gasteiger charge is -2.07. The SMILES string of the molecule is C/C=C\c1cc(-c2cc[n+](CCOP(O)O)cc2)ccc1C=NCCO[P+](=O)O. The molecule has 154 valence electrons. The number of allylic oxidation sites excluding steroid dienone is 1. The van der Waals surface area contributed by atoms with Gasteiger partial charge in [0.25, 0.3) is 0 Å². The van der Waals surface area contributed by atoms with E-state index >= 15 is 0 Å². The molecule has 0 saturated heterocycles. The Morgan fingerprint density at radius 3 is 2.55 bits per heavy atom. The van der Waals surface area contributed by atoms with Crippen LogP contribution in [0.1, 0.15) is 18.1 Å². The van der Waals surface area contributed by atoms with E-state index in [9.17, 15) is 4.57 Å². The molecule has 0 spiro atoms. The summed E-state index contributed by atoms with van der Waals surface area (Å²) in [6.07, 6.45) is 9.49. The first-order valence-electron chi connectivity index (χ1n) is 8.85. The molecule has 2 aromatic rings. The second-order valence-electron chi connectivity index (χ2n) is 5.86. The molecule has 0 fully saturated rings. The van der Waals surface area contributed by atoms with Crippen LogP contribution < -0.4 is 4.57 Å². The Labute approximate surface area is 171 Å². The molecule has 1 aromatic heterocycles. The standard InChI is InChI=1S/C19H23N2O6P2/c1-2-3-17-14-18(4-5-19(17)15-20-8-12-26-28(22)23)16-6-9-21(10-7-16)11-13-27-29(24)25/h2-7,9-10,14-15,24-25H,8,11-13H2,1H3/q+1/p+1/b3-2-,20-15?. The lowest BCUT2D eigenvalue weighted by molar-refractivity contribution is -0.697. The number of pyridine rings is 1. The Hall–Kier alpha value is -1.89. The molecular weight excluding hydrogens is 414 g/mol. The molecule has 0 radical (unpaired) electrons. The predicted octanol–water partition coefficient (Wildman–Crippen LogP) is 2.99. The average Bonchev–Trinajstić information content (AvgIpc) is 2.69. The van der Waals surface area contributed by atoms with E-state index in [-0.39, 0.29) is 13.2 Å². The van der Waals surface area contributed by atoms with Gasteiger partial charge in [-0.25, -0.2) is 4.57 Å². The third kappa shape index (κ3) is 8.56. The van der Waals surface area contributed by atoms with Crippen molar-refractivity contribution in [3.63, 3.8) is 0 Å². The van der Waals surface area contributed by atoms with Crippen molar-refractivity contribution in [2.75, 3.05) is 19.8 Å². The van der Waals surface area contributed by atoms with Gasteiger partial charge in [0.1, 0.15) is 13.2 Å². The minimum absolute atomic E-state index is 0.0899. The first-order chi connectivity index (χ1) is 14.0. The number of hydrogen-bond donors (Lipinski definition) is 3. The molecule has 0 bridgehead atoms. The third-order valence-corrected chi connectivity index (χ3v) is 4.68. The maximum Gasteiger partial charge on any atom is 0.694 e. The smallest absolute Gasteiger partial charge is 0.328 e. The van der Waals surface area contributed by atoms with E-state index < -0.39 is 16.9 Å². The van der Waals surface area contributed by atoms with E-state index in [2.05, 4.69) is 15.6 Å². The number of nitrogens with zero attached hydrogens (tertiary/aromatic N) is 2. The zero-order valence-corrected chi connectivity index (χ0v) is 17.7. The fourth-order valence-corrected chi connectivity index (χ4v) is 3.04. The minimum atomic E-state index is -2.59. The van der Waals surface area contributed by atoms with Crippen molar-refractivity contribution in [3.8, 4) is 11.1 Å². The van der Waals surface area contributed by atoms with Crippen LogP contribution in [0.3, 0.4) is 0 Å². The molecule has 1 unspecified atom stereocenters. The summed E-state index contributed by atoms with van der Waals surface area (Å²) in [5.74, 6) is 0. The third-order valence-electron chi connectivity index (χ3n) is 3.87. The molecule has 1 aromatic carbocycles. The molecule has 0 aliphatic carbocycles. The van der Waals surface area contributed by atoms with Gasteiger partial charge in [0.2, 0.25) is 0 Å². The largest absolute Gasteiger partial charge is 0.694 e. The molecule has 0 saturated carbocycles. The highest BCUT2D eigenvalue weighted by atomic mass is 31.2. The van der Waals surface area contributed by atoms with Crippen molar-refractivity contribution >= 4 is 29.1 Å². The van der Waals surface area contributed by atoms with Crippen LogP contribution in [0.4, 0.5) is 0 Å². The number of aromatic nitrogens is 1. The summed E-state index contributed by atoms with van der Waals surface area (Å²) in [5, 5.41) is 0. The Bertz CT molecular complexity index is 856. The van der Waals surface area contributed by atoms with Gasteiger partial charge >= 0.3 is 16.9 Å². The molecule has 0 amide bonds. The molecule has 1 heterocycles. The van der Waals surface area contributed by atoms with Crippen LogP contribution in [0.2, 0.25) is 0 Å². The van der Waals surface area contributed by atoms with Gasteiger partial charge in [-0.3, -0.25) is 4.99 Å². The van der Waals surface area contributed by atoms with Crippen molar-refractivity contribution in [1.82, 2.24) is 0 Å². The average molecular weight is 438 g/mol. The van der Waals surface area contributed by atoms with E-state index in [1.165, 1.54) is 0 Å². The molecule has 10 heteroatoms. The van der Waals surface area contributed by atoms with Gasteiger partial charge in [0.15, 0.2) is 18.9 Å². The minimum Gasteiger partial charge on any atom is -0.328 e. The molecule has 0 aliphatic rings. The van der Waals surface area contributed by atoms with Gasteiger partial charge in [-0.1, -0.05) is 24.3 Å². The van der Waals surface area contributed by atoms with Crippen LogP contribution >= 0.6 is 16.9 Å². The molecule has 29 heavy (non-hydrogen) atoms. The zero-order chi connectivity index (χ0) is 21.1. The van der Waals surface area contributed by atoms with Crippen LogP contribution in [0.5, 0.6) is 0 Å². The van der Waals surface area contributed by atoms with Crippen molar-refractivity contribution in [2.24, 2.45) is 4.99 Å². The number of rotatable bonds is 11. The number of aliphatic imine (C=N–C) groups is 1. The van der Waals surface area contributed by atoms with E-state index in [4.69, 9.17) is 19.2 Å². The van der Waals surface area contributed by atoms with Gasteiger partial charge in [-0.2, -0.15) is 0 Å². The van der Waals surface area contributed by atoms with Crippen LogP contribution in [-0.4, -0.2) is 40.7 Å². The van der Waals surface area contributed by atoms with Crippen LogP contribution in [-0.2, 0) is 20.2 Å². The molecule has 8 nitrogen and oxygen atoms in total. The molecule has 2 rings (SSSR count). The summed E-state index contributed by atoms with van der Waals surface area (Å²) in [6.45, 7) is 3.08. The summed E-state index contributed by atoms with van der Waals surface area (Å²) in [7, 11) is -4.91. The molecule has 0 aliphatic heterocycles. The summed E-state index contributed by atoms with van der Waals surface area (Å²) in [4.78, 5) is 30.4. The Kier molecular flexibility index (Phi) is 10.2. The summed E-state index contributed by atoms with van der Waals surface area (Å²) >= 11 is 0. The maximum absolute atomic E-state index is 10.5. The van der Waals surface area contributed by atoms with Gasteiger partial charge in [-0.15, -0.1) is 9.42 Å². The molecule has 3 N–H and O–H groups in total. The molecule has 1 atom stereocenters. The Morgan fingerprint density at radius 2 is 1.90 bits per heavy atom. The summed E-state index contributed by atoms with van der Waals surface area (Å²) < 4.78 is 21.7. The highest BCUT2D eigenvalue weighted by Crippen LogP contribution is 2.24. The van der Waals surface area contributed by atoms with Crippen molar-refractivity contribution in [1.29, 1.82) is 0 Å². The second kappa shape index (κ2) is 12.6. The van der Waals surface area contributed by atoms with Gasteiger partial charge in [0.05, 0.1) is 6.54 Å². The summed E-state index contributed by atoms with van der Waals surface area (Å²) in [5.41, 5.74) is 4.04. The molecular formula is C19H24N2O6P2+2. The first kappa shape index (κ1) is 23.4. The Morgan fingerprint density at radius 1 is 1.14 bits per heavy atom. The topological polar surface area (TPSA) is 112 Å². The number of benzene rings is 1. The fraction of sp³-hybridized carbons (Fsp3) is 0.263. The lowest BCUT2D eigenvalue weighted by atomic mass is 10.00. The predicted molar refractivity (Wildman–Crippen MR) is 112 cm³/mol. The quantitative estimate of drug-likeness (QED) is 0.215. The Balaban J connectivity index is 2.08. The van der Waals surface area contributed by atoms with Gasteiger partial charge < -0.3 is 14.3 Å². The monoisotopic (exact) mass is 438 g/mol. The van der Waals surface area contributed by atoms with E-state index in [1.807, 2.05) is 60.3 Å². The van der Waals surface area contributed by atoms with Crippen molar-refractivity contribution < 1.29 is 32.9 Å². The number of hydrogen-bond acceptors (Lipinski definition) is 6. The van der Waals surface area contributed by atoms with Gasteiger partial charge in [-0.05, 0) is 35.2 Å². The van der Waals surface area contributed by atoms with Crippen LogP contribution in [0.25, 0.3) is 17.2 Å².